The number of methoxy groups -OCH3 is 1. The number of nitrogens with one attached hydrogen (secondary N) is 2. The fourth-order valence-electron chi connectivity index (χ4n) is 3.70. The van der Waals surface area contributed by atoms with E-state index in [0.717, 1.165) is 30.5 Å². The van der Waals surface area contributed by atoms with Gasteiger partial charge in [-0.25, -0.2) is 4.79 Å². The molecule has 0 fully saturated rings. The van der Waals surface area contributed by atoms with E-state index in [4.69, 9.17) is 15.2 Å². The van der Waals surface area contributed by atoms with Gasteiger partial charge in [-0.1, -0.05) is 55.8 Å². The summed E-state index contributed by atoms with van der Waals surface area (Å²) in [6.45, 7) is 4.30. The molecular formula is C25H30N6O3. The van der Waals surface area contributed by atoms with Crippen LogP contribution in [0.4, 0.5) is 5.82 Å². The predicted octanol–water partition coefficient (Wildman–Crippen LogP) is 3.23. The second-order valence-electron chi connectivity index (χ2n) is 8.04. The quantitative estimate of drug-likeness (QED) is 0.293. The lowest BCUT2D eigenvalue weighted by Crippen LogP contribution is -2.18. The Morgan fingerprint density at radius 2 is 1.88 bits per heavy atom. The van der Waals surface area contributed by atoms with Gasteiger partial charge >= 0.3 is 11.7 Å². The van der Waals surface area contributed by atoms with Gasteiger partial charge in [0.2, 0.25) is 0 Å². The Bertz CT molecular complexity index is 1300. The Balaban J connectivity index is 1.53. The van der Waals surface area contributed by atoms with Crippen LogP contribution in [0.3, 0.4) is 0 Å². The van der Waals surface area contributed by atoms with Crippen LogP contribution in [-0.2, 0) is 19.6 Å². The average molecular weight is 463 g/mol. The molecule has 34 heavy (non-hydrogen) atoms. The van der Waals surface area contributed by atoms with Gasteiger partial charge in [-0.05, 0) is 23.6 Å². The summed E-state index contributed by atoms with van der Waals surface area (Å²) in [4.78, 5) is 24.0. The number of nitrogens with two attached hydrogens (primary N) is 1. The Morgan fingerprint density at radius 3 is 2.65 bits per heavy atom. The van der Waals surface area contributed by atoms with Crippen LogP contribution in [0.15, 0.2) is 53.3 Å². The standard InChI is InChI=1S/C25H30N6O3/c1-3-4-12-34-24-29-22(26)21-23(30-24)31(25(32)28-21)16-19-11-10-18(13-20(19)33-2)15-27-14-17-8-6-5-7-9-17/h5-11,13,27H,3-4,12,14-16H2,1-2H3,(H,28,32)(H2,26,29,30). The Kier molecular flexibility index (Phi) is 7.44. The van der Waals surface area contributed by atoms with Crippen molar-refractivity contribution in [3.63, 3.8) is 0 Å². The van der Waals surface area contributed by atoms with Crippen molar-refractivity contribution in [3.8, 4) is 11.8 Å². The molecule has 0 radical (unpaired) electrons. The van der Waals surface area contributed by atoms with Crippen LogP contribution in [0.2, 0.25) is 0 Å². The molecule has 4 rings (SSSR count). The number of benzene rings is 2. The normalized spacial score (nSPS) is 11.1. The van der Waals surface area contributed by atoms with Gasteiger partial charge in [0.1, 0.15) is 11.3 Å². The van der Waals surface area contributed by atoms with Crippen molar-refractivity contribution < 1.29 is 9.47 Å². The molecule has 0 aliphatic rings. The van der Waals surface area contributed by atoms with Crippen molar-refractivity contribution >= 4 is 17.0 Å². The molecule has 0 bridgehead atoms. The number of imidazole rings is 1. The van der Waals surface area contributed by atoms with Crippen molar-refractivity contribution in [2.45, 2.75) is 39.4 Å². The number of nitrogens with zero attached hydrogens (tertiary/aromatic N) is 3. The summed E-state index contributed by atoms with van der Waals surface area (Å²) in [6, 6.07) is 16.4. The SMILES string of the molecule is CCCCOc1nc(N)c2[nH]c(=O)n(Cc3ccc(CNCc4ccccc4)cc3OC)c2n1. The van der Waals surface area contributed by atoms with E-state index >= 15 is 0 Å². The smallest absolute Gasteiger partial charge is 0.328 e. The maximum atomic E-state index is 12.7. The molecule has 4 aromatic rings. The molecule has 9 heteroatoms. The zero-order valence-electron chi connectivity index (χ0n) is 19.5. The van der Waals surface area contributed by atoms with Gasteiger partial charge in [-0.15, -0.1) is 0 Å². The van der Waals surface area contributed by atoms with E-state index in [1.54, 1.807) is 7.11 Å². The summed E-state index contributed by atoms with van der Waals surface area (Å²) in [5.74, 6) is 0.876. The van der Waals surface area contributed by atoms with Crippen LogP contribution in [0.25, 0.3) is 11.2 Å². The molecule has 4 N–H and O–H groups in total. The molecular weight excluding hydrogens is 432 g/mol. The van der Waals surface area contributed by atoms with Crippen LogP contribution in [0.5, 0.6) is 11.8 Å². The number of rotatable bonds is 11. The Hall–Kier alpha value is -3.85. The van der Waals surface area contributed by atoms with Crippen LogP contribution < -0.4 is 26.2 Å². The Morgan fingerprint density at radius 1 is 1.09 bits per heavy atom. The number of hydrogen-bond donors (Lipinski definition) is 3. The number of H-pyrrole nitrogens is 1. The fourth-order valence-corrected chi connectivity index (χ4v) is 3.70. The summed E-state index contributed by atoms with van der Waals surface area (Å²) >= 11 is 0. The predicted molar refractivity (Wildman–Crippen MR) is 132 cm³/mol. The lowest BCUT2D eigenvalue weighted by Gasteiger charge is -2.12. The number of nitrogen functional groups attached to an aromatic ring is 1. The average Bonchev–Trinajstić information content (AvgIpc) is 3.16. The third-order valence-electron chi connectivity index (χ3n) is 5.54. The molecule has 2 aromatic heterocycles. The summed E-state index contributed by atoms with van der Waals surface area (Å²) in [5.41, 5.74) is 9.69. The molecule has 0 aliphatic heterocycles. The molecule has 0 atom stereocenters. The molecule has 178 valence electrons. The van der Waals surface area contributed by atoms with Crippen LogP contribution in [-0.4, -0.2) is 33.2 Å². The van der Waals surface area contributed by atoms with Gasteiger partial charge in [0.15, 0.2) is 11.5 Å². The Labute approximate surface area is 198 Å². The van der Waals surface area contributed by atoms with Gasteiger partial charge in [-0.2, -0.15) is 9.97 Å². The van der Waals surface area contributed by atoms with E-state index in [9.17, 15) is 4.79 Å². The van der Waals surface area contributed by atoms with E-state index < -0.39 is 0 Å². The van der Waals surface area contributed by atoms with E-state index in [1.807, 2.05) is 36.4 Å². The van der Waals surface area contributed by atoms with Gasteiger partial charge in [0.25, 0.3) is 0 Å². The first-order valence-corrected chi connectivity index (χ1v) is 11.4. The van der Waals surface area contributed by atoms with Crippen LogP contribution in [0, 0.1) is 0 Å². The molecule has 9 nitrogen and oxygen atoms in total. The summed E-state index contributed by atoms with van der Waals surface area (Å²) in [6.07, 6.45) is 1.87. The summed E-state index contributed by atoms with van der Waals surface area (Å²) in [7, 11) is 1.62. The molecule has 0 saturated heterocycles. The molecule has 0 aliphatic carbocycles. The van der Waals surface area contributed by atoms with E-state index in [1.165, 1.54) is 10.1 Å². The van der Waals surface area contributed by atoms with Crippen LogP contribution >= 0.6 is 0 Å². The lowest BCUT2D eigenvalue weighted by molar-refractivity contribution is 0.286. The highest BCUT2D eigenvalue weighted by atomic mass is 16.5. The topological polar surface area (TPSA) is 120 Å². The number of aromatic nitrogens is 4. The molecule has 2 aromatic carbocycles. The summed E-state index contributed by atoms with van der Waals surface area (Å²) in [5, 5.41) is 3.44. The highest BCUT2D eigenvalue weighted by Gasteiger charge is 2.16. The van der Waals surface area contributed by atoms with Crippen molar-refractivity contribution in [3.05, 3.63) is 75.7 Å². The van der Waals surface area contributed by atoms with Gasteiger partial charge in [-0.3, -0.25) is 4.57 Å². The number of anilines is 1. The minimum atomic E-state index is -0.322. The first kappa shape index (κ1) is 23.3. The minimum absolute atomic E-state index is 0.165. The number of unbranched alkanes of at least 4 members (excludes halogenated alkanes) is 1. The minimum Gasteiger partial charge on any atom is -0.496 e. The van der Waals surface area contributed by atoms with E-state index in [0.29, 0.717) is 30.1 Å². The highest BCUT2D eigenvalue weighted by molar-refractivity contribution is 5.82. The highest BCUT2D eigenvalue weighted by Crippen LogP contribution is 2.24. The van der Waals surface area contributed by atoms with E-state index in [2.05, 4.69) is 39.3 Å². The number of ether oxygens (including phenoxy) is 2. The van der Waals surface area contributed by atoms with Crippen molar-refractivity contribution in [1.82, 2.24) is 24.8 Å². The van der Waals surface area contributed by atoms with E-state index in [-0.39, 0.29) is 24.1 Å². The van der Waals surface area contributed by atoms with Gasteiger partial charge in [0, 0.05) is 18.7 Å². The third kappa shape index (κ3) is 5.37. The van der Waals surface area contributed by atoms with Gasteiger partial charge in [0.05, 0.1) is 20.3 Å². The fraction of sp³-hybridized carbons (Fsp3) is 0.320. The largest absolute Gasteiger partial charge is 0.496 e. The maximum absolute atomic E-state index is 12.7. The molecule has 0 saturated carbocycles. The lowest BCUT2D eigenvalue weighted by atomic mass is 10.1. The monoisotopic (exact) mass is 462 g/mol. The number of aromatic amines is 1. The third-order valence-corrected chi connectivity index (χ3v) is 5.54. The molecule has 0 unspecified atom stereocenters. The second kappa shape index (κ2) is 10.8. The zero-order valence-corrected chi connectivity index (χ0v) is 19.5. The van der Waals surface area contributed by atoms with Crippen molar-refractivity contribution in [2.24, 2.45) is 0 Å². The summed E-state index contributed by atoms with van der Waals surface area (Å²) < 4.78 is 12.8. The molecule has 0 spiro atoms. The first-order chi connectivity index (χ1) is 16.6. The first-order valence-electron chi connectivity index (χ1n) is 11.4. The maximum Gasteiger partial charge on any atom is 0.328 e. The number of fused-ring (bicyclic) bond motifs is 1. The molecule has 0 amide bonds. The second-order valence-corrected chi connectivity index (χ2v) is 8.04. The number of hydrogen-bond acceptors (Lipinski definition) is 7. The molecule has 2 heterocycles. The van der Waals surface area contributed by atoms with Crippen LogP contribution in [0.1, 0.15) is 36.5 Å². The van der Waals surface area contributed by atoms with Crippen molar-refractivity contribution in [2.75, 3.05) is 19.5 Å². The van der Waals surface area contributed by atoms with Crippen molar-refractivity contribution in [1.29, 1.82) is 0 Å². The zero-order chi connectivity index (χ0) is 23.9. The van der Waals surface area contributed by atoms with Gasteiger partial charge < -0.3 is 25.5 Å².